The van der Waals surface area contributed by atoms with Gasteiger partial charge < -0.3 is 53.6 Å². The number of carboxylic acid groups (broad SMARTS) is 1. The first-order valence-corrected chi connectivity index (χ1v) is 23.3. The highest BCUT2D eigenvalue weighted by Gasteiger charge is 2.40. The number of nitrogens with one attached hydrogen (secondary N) is 4. The van der Waals surface area contributed by atoms with Crippen LogP contribution in [0, 0.1) is 5.92 Å². The van der Waals surface area contributed by atoms with Gasteiger partial charge in [-0.1, -0.05) is 58.5 Å². The van der Waals surface area contributed by atoms with Crippen LogP contribution in [0.25, 0.3) is 0 Å². The molecule has 0 aromatic heterocycles. The molecule has 1 aromatic carbocycles. The lowest BCUT2D eigenvalue weighted by atomic mass is 9.96. The lowest BCUT2D eigenvalue weighted by Crippen LogP contribution is -2.60. The summed E-state index contributed by atoms with van der Waals surface area (Å²) in [5, 5.41) is 30.7. The van der Waals surface area contributed by atoms with Crippen LogP contribution in [0.15, 0.2) is 24.3 Å². The number of carbonyl (C=O) groups is 6. The van der Waals surface area contributed by atoms with E-state index < -0.39 is 85.7 Å². The normalized spacial score (nSPS) is 17.6. The van der Waals surface area contributed by atoms with Gasteiger partial charge in [0.1, 0.15) is 36.0 Å². The van der Waals surface area contributed by atoms with E-state index in [1.165, 1.54) is 17.0 Å². The molecule has 17 heteroatoms. The standard InChI is InChI=1S/C38H66N8O8Si/c1-6-24(2)32(36(51)44-30(38(53)54)23-55(3,4)5)45-34(49)29(22-25-15-17-26(47)18-16-25)43-35(50)31-14-11-21-46(31)37(52)28(13-8-10-20-40)42-33(48)27(41)12-7-9-19-39/h15-18,24,27-32,47H,6-14,19-23,39-41H2,1-5H3,(H,42,48)(H,43,50)(H,44,51)(H,45,49)(H,53,54)/t24-,27-,28-,29-,30-,31-,32-/m0/s1. The molecule has 7 atom stereocenters. The monoisotopic (exact) mass is 790 g/mol. The summed E-state index contributed by atoms with van der Waals surface area (Å²) >= 11 is 0. The number of benzene rings is 1. The summed E-state index contributed by atoms with van der Waals surface area (Å²) in [6, 6.07) is 0.258. The van der Waals surface area contributed by atoms with Crippen molar-refractivity contribution < 1.29 is 39.0 Å². The zero-order valence-corrected chi connectivity index (χ0v) is 34.3. The van der Waals surface area contributed by atoms with Gasteiger partial charge in [-0.3, -0.25) is 28.8 Å². The van der Waals surface area contributed by atoms with Gasteiger partial charge >= 0.3 is 5.97 Å². The first-order chi connectivity index (χ1) is 25.9. The second-order valence-corrected chi connectivity index (χ2v) is 21.4. The van der Waals surface area contributed by atoms with Crippen LogP contribution < -0.4 is 38.5 Å². The number of phenols is 1. The smallest absolute Gasteiger partial charge is 0.325 e. The number of carboxylic acids is 1. The average Bonchev–Trinajstić information content (AvgIpc) is 3.63. The molecule has 310 valence electrons. The van der Waals surface area contributed by atoms with Crippen LogP contribution in [0.2, 0.25) is 25.7 Å². The zero-order chi connectivity index (χ0) is 41.3. The lowest BCUT2D eigenvalue weighted by molar-refractivity contribution is -0.143. The maximum atomic E-state index is 14.1. The number of hydrogen-bond donors (Lipinski definition) is 9. The molecule has 0 unspecified atom stereocenters. The Balaban J connectivity index is 2.35. The van der Waals surface area contributed by atoms with Crippen LogP contribution in [-0.4, -0.2) is 115 Å². The van der Waals surface area contributed by atoms with E-state index >= 15 is 0 Å². The molecule has 5 amide bonds. The van der Waals surface area contributed by atoms with E-state index in [9.17, 15) is 39.0 Å². The van der Waals surface area contributed by atoms with Gasteiger partial charge in [0.2, 0.25) is 29.5 Å². The number of rotatable bonds is 24. The summed E-state index contributed by atoms with van der Waals surface area (Å²) < 4.78 is 0. The SMILES string of the molecule is CC[C@H](C)[C@H](NC(=O)[C@H](Cc1ccc(O)cc1)NC(=O)[C@@H]1CCCN1C(=O)[C@H](CCCCN)NC(=O)[C@@H](N)CCCCN)C(=O)N[C@@H](C[Si](C)(C)C)C(=O)O. The van der Waals surface area contributed by atoms with Crippen molar-refractivity contribution in [2.45, 2.75) is 140 Å². The molecule has 1 saturated heterocycles. The molecule has 12 N–H and O–H groups in total. The van der Waals surface area contributed by atoms with Crippen molar-refractivity contribution >= 4 is 43.6 Å². The summed E-state index contributed by atoms with van der Waals surface area (Å²) in [4.78, 5) is 82.3. The molecule has 0 radical (unpaired) electrons. The summed E-state index contributed by atoms with van der Waals surface area (Å²) in [6.45, 7) is 10.8. The largest absolute Gasteiger partial charge is 0.508 e. The van der Waals surface area contributed by atoms with Crippen LogP contribution in [0.5, 0.6) is 5.75 Å². The van der Waals surface area contributed by atoms with Crippen molar-refractivity contribution in [3.8, 4) is 5.75 Å². The Hall–Kier alpha value is -4.06. The molecule has 0 saturated carbocycles. The minimum absolute atomic E-state index is 0.0123. The fourth-order valence-electron chi connectivity index (χ4n) is 6.55. The number of likely N-dealkylation sites (tertiary alicyclic amines) is 1. The quantitative estimate of drug-likeness (QED) is 0.0525. The predicted molar refractivity (Wildman–Crippen MR) is 213 cm³/mol. The van der Waals surface area contributed by atoms with E-state index in [4.69, 9.17) is 17.2 Å². The molecule has 0 spiro atoms. The maximum Gasteiger partial charge on any atom is 0.325 e. The van der Waals surface area contributed by atoms with Crippen LogP contribution in [0.1, 0.15) is 77.2 Å². The molecule has 1 fully saturated rings. The highest BCUT2D eigenvalue weighted by molar-refractivity contribution is 6.76. The Kier molecular flexibility index (Phi) is 19.8. The van der Waals surface area contributed by atoms with Crippen LogP contribution in [-0.2, 0) is 35.2 Å². The van der Waals surface area contributed by atoms with Crippen molar-refractivity contribution in [2.75, 3.05) is 19.6 Å². The van der Waals surface area contributed by atoms with Crippen molar-refractivity contribution in [1.82, 2.24) is 26.2 Å². The molecule has 2 rings (SSSR count). The molecule has 0 aliphatic carbocycles. The van der Waals surface area contributed by atoms with Gasteiger partial charge in [0.25, 0.3) is 0 Å². The molecule has 55 heavy (non-hydrogen) atoms. The van der Waals surface area contributed by atoms with Crippen LogP contribution in [0.4, 0.5) is 0 Å². The summed E-state index contributed by atoms with van der Waals surface area (Å²) in [7, 11) is -1.91. The molecule has 0 bridgehead atoms. The minimum atomic E-state index is -1.91. The molecular weight excluding hydrogens is 725 g/mol. The predicted octanol–water partition coefficient (Wildman–Crippen LogP) is 0.919. The number of phenolic OH excluding ortho intramolecular Hbond substituents is 1. The second kappa shape index (κ2) is 23.1. The topological polar surface area (TPSA) is 272 Å². The summed E-state index contributed by atoms with van der Waals surface area (Å²) in [5.41, 5.74) is 18.0. The Morgan fingerprint density at radius 3 is 2.00 bits per heavy atom. The van der Waals surface area contributed by atoms with Gasteiger partial charge in [0.05, 0.1) is 6.04 Å². The number of unbranched alkanes of at least 4 members (excludes halogenated alkanes) is 2. The van der Waals surface area contributed by atoms with E-state index in [0.717, 1.165) is 0 Å². The lowest BCUT2D eigenvalue weighted by Gasteiger charge is -2.31. The zero-order valence-electron chi connectivity index (χ0n) is 33.3. The molecular formula is C38H66N8O8Si. The Morgan fingerprint density at radius 2 is 1.44 bits per heavy atom. The fraction of sp³-hybridized carbons (Fsp3) is 0.684. The van der Waals surface area contributed by atoms with E-state index in [2.05, 4.69) is 21.3 Å². The molecule has 16 nitrogen and oxygen atoms in total. The summed E-state index contributed by atoms with van der Waals surface area (Å²) in [6.07, 6.45) is 4.58. The van der Waals surface area contributed by atoms with Crippen molar-refractivity contribution in [2.24, 2.45) is 23.1 Å². The third-order valence-corrected chi connectivity index (χ3v) is 11.6. The van der Waals surface area contributed by atoms with Gasteiger partial charge in [-0.05, 0) is 87.7 Å². The fourth-order valence-corrected chi connectivity index (χ4v) is 8.05. The molecule has 1 heterocycles. The number of nitrogens with two attached hydrogens (primary N) is 3. The van der Waals surface area contributed by atoms with E-state index in [1.807, 2.05) is 26.6 Å². The van der Waals surface area contributed by atoms with Crippen molar-refractivity contribution in [3.05, 3.63) is 29.8 Å². The molecule has 1 aliphatic rings. The number of hydrogen-bond acceptors (Lipinski definition) is 10. The number of aromatic hydroxyl groups is 1. The Bertz CT molecular complexity index is 1430. The highest BCUT2D eigenvalue weighted by Crippen LogP contribution is 2.22. The van der Waals surface area contributed by atoms with Gasteiger partial charge in [0, 0.05) is 21.0 Å². The van der Waals surface area contributed by atoms with E-state index in [0.29, 0.717) is 82.5 Å². The van der Waals surface area contributed by atoms with Crippen LogP contribution >= 0.6 is 0 Å². The maximum absolute atomic E-state index is 14.1. The van der Waals surface area contributed by atoms with Gasteiger partial charge in [-0.25, -0.2) is 0 Å². The molecule has 1 aliphatic heterocycles. The number of nitrogens with zero attached hydrogens (tertiary/aromatic N) is 1. The number of amides is 5. The summed E-state index contributed by atoms with van der Waals surface area (Å²) in [5.74, 6) is -4.34. The second-order valence-electron chi connectivity index (χ2n) is 15.9. The first-order valence-electron chi connectivity index (χ1n) is 19.6. The Labute approximate surface area is 326 Å². The van der Waals surface area contributed by atoms with Crippen molar-refractivity contribution in [3.63, 3.8) is 0 Å². The van der Waals surface area contributed by atoms with Crippen LogP contribution in [0.3, 0.4) is 0 Å². The number of aliphatic carboxylic acids is 1. The van der Waals surface area contributed by atoms with E-state index in [1.54, 1.807) is 19.1 Å². The highest BCUT2D eigenvalue weighted by atomic mass is 28.3. The van der Waals surface area contributed by atoms with Gasteiger partial charge in [0.15, 0.2) is 0 Å². The first kappa shape index (κ1) is 47.1. The van der Waals surface area contributed by atoms with Gasteiger partial charge in [-0.15, -0.1) is 0 Å². The average molecular weight is 791 g/mol. The molecule has 1 aromatic rings. The Morgan fingerprint density at radius 1 is 0.836 bits per heavy atom. The minimum Gasteiger partial charge on any atom is -0.508 e. The third-order valence-electron chi connectivity index (χ3n) is 9.94. The van der Waals surface area contributed by atoms with Gasteiger partial charge in [-0.2, -0.15) is 0 Å². The number of carbonyl (C=O) groups excluding carboxylic acids is 5. The third kappa shape index (κ3) is 15.9. The van der Waals surface area contributed by atoms with Crippen molar-refractivity contribution in [1.29, 1.82) is 0 Å². The van der Waals surface area contributed by atoms with E-state index in [-0.39, 0.29) is 18.7 Å².